The lowest BCUT2D eigenvalue weighted by Crippen LogP contribution is -2.33. The number of hydrogen-bond acceptors (Lipinski definition) is 8. The number of aromatic amines is 1. The van der Waals surface area contributed by atoms with Crippen LogP contribution in [0.2, 0.25) is 0 Å². The lowest BCUT2D eigenvalue weighted by molar-refractivity contribution is -0.116. The SMILES string of the molecule is CO[C@@H]1C[C@H](n2cc(/C=C/C(=O)NCCCCCCN)c(=O)[nH]c2=O)OC1CN=O. The Labute approximate surface area is 173 Å². The zero-order valence-electron chi connectivity index (χ0n) is 17.0. The number of nitroso groups, excluding NO2 is 1. The normalized spacial score (nSPS) is 21.2. The first-order valence-electron chi connectivity index (χ1n) is 9.99. The van der Waals surface area contributed by atoms with Gasteiger partial charge in [0.25, 0.3) is 5.56 Å². The summed E-state index contributed by atoms with van der Waals surface area (Å²) in [5.74, 6) is -0.334. The highest BCUT2D eigenvalue weighted by molar-refractivity contribution is 5.91. The van der Waals surface area contributed by atoms with Crippen molar-refractivity contribution in [3.05, 3.63) is 43.6 Å². The van der Waals surface area contributed by atoms with Gasteiger partial charge in [-0.15, -0.1) is 0 Å². The molecule has 1 fully saturated rings. The van der Waals surface area contributed by atoms with Crippen molar-refractivity contribution in [2.24, 2.45) is 10.9 Å². The molecule has 0 radical (unpaired) electrons. The fourth-order valence-electron chi connectivity index (χ4n) is 3.25. The van der Waals surface area contributed by atoms with Crippen LogP contribution in [0.25, 0.3) is 6.08 Å². The largest absolute Gasteiger partial charge is 0.378 e. The van der Waals surface area contributed by atoms with Gasteiger partial charge < -0.3 is 20.5 Å². The van der Waals surface area contributed by atoms with Crippen molar-refractivity contribution in [1.29, 1.82) is 0 Å². The maximum absolute atomic E-state index is 12.2. The van der Waals surface area contributed by atoms with Gasteiger partial charge >= 0.3 is 5.69 Å². The molecule has 11 heteroatoms. The fourth-order valence-corrected chi connectivity index (χ4v) is 3.25. The third-order valence-electron chi connectivity index (χ3n) is 4.89. The lowest BCUT2D eigenvalue weighted by atomic mass is 10.2. The Morgan fingerprint density at radius 2 is 2.17 bits per heavy atom. The summed E-state index contributed by atoms with van der Waals surface area (Å²) < 4.78 is 12.2. The second-order valence-corrected chi connectivity index (χ2v) is 7.03. The second-order valence-electron chi connectivity index (χ2n) is 7.03. The Morgan fingerprint density at radius 3 is 2.87 bits per heavy atom. The van der Waals surface area contributed by atoms with Crippen molar-refractivity contribution in [2.75, 3.05) is 26.7 Å². The van der Waals surface area contributed by atoms with Crippen LogP contribution in [-0.2, 0) is 14.3 Å². The van der Waals surface area contributed by atoms with Crippen molar-refractivity contribution in [3.8, 4) is 0 Å². The maximum Gasteiger partial charge on any atom is 0.330 e. The predicted molar refractivity (Wildman–Crippen MR) is 111 cm³/mol. The van der Waals surface area contributed by atoms with Crippen molar-refractivity contribution < 1.29 is 14.3 Å². The van der Waals surface area contributed by atoms with Crippen LogP contribution in [-0.4, -0.2) is 54.4 Å². The average molecular weight is 423 g/mol. The van der Waals surface area contributed by atoms with E-state index in [9.17, 15) is 19.3 Å². The Kier molecular flexibility index (Phi) is 9.58. The standard InChI is InChI=1S/C19H29N5O6/c1-29-14-10-17(30-15(14)11-22-28)24-12-13(18(26)23-19(24)27)6-7-16(25)21-9-5-3-2-4-8-20/h6-7,12,14-15,17H,2-5,8-11,20H2,1H3,(H,21,25)(H,23,26,27)/b7-6+/t14-,15?,17-/m1/s1. The molecule has 30 heavy (non-hydrogen) atoms. The van der Waals surface area contributed by atoms with Crippen LogP contribution in [0.4, 0.5) is 0 Å². The molecule has 0 bridgehead atoms. The highest BCUT2D eigenvalue weighted by Crippen LogP contribution is 2.29. The third kappa shape index (κ3) is 6.71. The first kappa shape index (κ1) is 23.6. The molecule has 4 N–H and O–H groups in total. The van der Waals surface area contributed by atoms with Crippen molar-refractivity contribution in [1.82, 2.24) is 14.9 Å². The summed E-state index contributed by atoms with van der Waals surface area (Å²) >= 11 is 0. The minimum Gasteiger partial charge on any atom is -0.378 e. The molecule has 1 aromatic rings. The van der Waals surface area contributed by atoms with Gasteiger partial charge in [-0.05, 0) is 25.5 Å². The minimum absolute atomic E-state index is 0.105. The number of carbonyl (C=O) groups is 1. The Hall–Kier alpha value is -2.63. The van der Waals surface area contributed by atoms with Crippen LogP contribution >= 0.6 is 0 Å². The molecule has 1 aromatic heterocycles. The van der Waals surface area contributed by atoms with E-state index in [1.54, 1.807) is 0 Å². The maximum atomic E-state index is 12.2. The highest BCUT2D eigenvalue weighted by atomic mass is 16.6. The summed E-state index contributed by atoms with van der Waals surface area (Å²) in [6.07, 6.45) is 6.34. The van der Waals surface area contributed by atoms with Gasteiger partial charge in [0.2, 0.25) is 5.91 Å². The van der Waals surface area contributed by atoms with Gasteiger partial charge in [-0.3, -0.25) is 19.1 Å². The fraction of sp³-hybridized carbons (Fsp3) is 0.632. The number of rotatable bonds is 12. The van der Waals surface area contributed by atoms with Crippen LogP contribution in [0.5, 0.6) is 0 Å². The molecule has 0 spiro atoms. The highest BCUT2D eigenvalue weighted by Gasteiger charge is 2.37. The van der Waals surface area contributed by atoms with Gasteiger partial charge in [0.1, 0.15) is 18.9 Å². The number of ether oxygens (including phenoxy) is 2. The molecular weight excluding hydrogens is 394 g/mol. The van der Waals surface area contributed by atoms with Crippen LogP contribution in [0.3, 0.4) is 0 Å². The molecule has 11 nitrogen and oxygen atoms in total. The zero-order valence-corrected chi connectivity index (χ0v) is 17.0. The topological polar surface area (TPSA) is 158 Å². The Balaban J connectivity index is 2.02. The summed E-state index contributed by atoms with van der Waals surface area (Å²) in [6.45, 7) is 1.09. The molecule has 1 amide bonds. The number of carbonyl (C=O) groups excluding carboxylic acids is 1. The van der Waals surface area contributed by atoms with E-state index in [-0.39, 0.29) is 18.0 Å². The number of aromatic nitrogens is 2. The molecule has 2 rings (SSSR count). The van der Waals surface area contributed by atoms with E-state index in [0.717, 1.165) is 25.7 Å². The Morgan fingerprint density at radius 1 is 1.40 bits per heavy atom. The van der Waals surface area contributed by atoms with E-state index in [4.69, 9.17) is 15.2 Å². The van der Waals surface area contributed by atoms with Crippen molar-refractivity contribution in [2.45, 2.75) is 50.5 Å². The quantitative estimate of drug-likeness (QED) is 0.247. The summed E-state index contributed by atoms with van der Waals surface area (Å²) in [4.78, 5) is 49.0. The summed E-state index contributed by atoms with van der Waals surface area (Å²) in [5, 5.41) is 5.58. The van der Waals surface area contributed by atoms with Gasteiger partial charge in [-0.25, -0.2) is 4.79 Å². The smallest absolute Gasteiger partial charge is 0.330 e. The van der Waals surface area contributed by atoms with Gasteiger partial charge in [0.05, 0.1) is 11.7 Å². The van der Waals surface area contributed by atoms with Gasteiger partial charge in [0, 0.05) is 32.3 Å². The molecule has 0 aromatic carbocycles. The number of hydrogen-bond donors (Lipinski definition) is 3. The molecule has 2 heterocycles. The molecule has 1 aliphatic heterocycles. The number of unbranched alkanes of at least 4 members (excludes halogenated alkanes) is 3. The van der Waals surface area contributed by atoms with Crippen LogP contribution in [0, 0.1) is 4.91 Å². The van der Waals surface area contributed by atoms with Gasteiger partial charge in [-0.1, -0.05) is 18.0 Å². The number of nitrogens with two attached hydrogens (primary N) is 1. The van der Waals surface area contributed by atoms with E-state index in [1.165, 1.54) is 30.0 Å². The molecule has 166 valence electrons. The molecule has 0 aliphatic carbocycles. The van der Waals surface area contributed by atoms with E-state index in [2.05, 4.69) is 15.5 Å². The van der Waals surface area contributed by atoms with Crippen LogP contribution in [0.1, 0.15) is 43.9 Å². The third-order valence-corrected chi connectivity index (χ3v) is 4.89. The number of H-pyrrole nitrogens is 1. The molecule has 1 saturated heterocycles. The zero-order chi connectivity index (χ0) is 21.9. The van der Waals surface area contributed by atoms with Crippen molar-refractivity contribution in [3.63, 3.8) is 0 Å². The first-order valence-corrected chi connectivity index (χ1v) is 9.99. The first-order chi connectivity index (χ1) is 14.5. The van der Waals surface area contributed by atoms with Crippen molar-refractivity contribution >= 4 is 12.0 Å². The summed E-state index contributed by atoms with van der Waals surface area (Å²) in [7, 11) is 1.48. The molecule has 1 aliphatic rings. The lowest BCUT2D eigenvalue weighted by Gasteiger charge is -2.14. The molecular formula is C19H29N5O6. The summed E-state index contributed by atoms with van der Waals surface area (Å²) in [5.41, 5.74) is 4.29. The van der Waals surface area contributed by atoms with E-state index >= 15 is 0 Å². The minimum atomic E-state index is -0.722. The van der Waals surface area contributed by atoms with Crippen LogP contribution < -0.4 is 22.3 Å². The summed E-state index contributed by atoms with van der Waals surface area (Å²) in [6, 6.07) is 0. The van der Waals surface area contributed by atoms with Gasteiger partial charge in [0.15, 0.2) is 0 Å². The number of methoxy groups -OCH3 is 1. The number of amides is 1. The van der Waals surface area contributed by atoms with E-state index < -0.39 is 29.7 Å². The molecule has 0 saturated carbocycles. The second kappa shape index (κ2) is 12.2. The van der Waals surface area contributed by atoms with Gasteiger partial charge in [-0.2, -0.15) is 4.91 Å². The molecule has 1 unspecified atom stereocenters. The number of nitrogens with zero attached hydrogens (tertiary/aromatic N) is 2. The average Bonchev–Trinajstić information content (AvgIpc) is 3.13. The monoisotopic (exact) mass is 423 g/mol. The Bertz CT molecular complexity index is 849. The van der Waals surface area contributed by atoms with E-state index in [0.29, 0.717) is 19.5 Å². The predicted octanol–water partition coefficient (Wildman–Crippen LogP) is 0.254. The molecule has 3 atom stereocenters. The number of nitrogens with one attached hydrogen (secondary N) is 2. The van der Waals surface area contributed by atoms with Crippen LogP contribution in [0.15, 0.2) is 27.0 Å². The van der Waals surface area contributed by atoms with E-state index in [1.807, 2.05) is 0 Å².